The van der Waals surface area contributed by atoms with Gasteiger partial charge in [-0.2, -0.15) is 0 Å². The molecule has 2 aromatic carbocycles. The molecule has 0 aromatic heterocycles. The Labute approximate surface area is 138 Å². The Kier molecular flexibility index (Phi) is 4.24. The lowest BCUT2D eigenvalue weighted by atomic mass is 9.77. The summed E-state index contributed by atoms with van der Waals surface area (Å²) in [6.45, 7) is 2.35. The van der Waals surface area contributed by atoms with Gasteiger partial charge in [0.25, 0.3) is 0 Å². The predicted molar refractivity (Wildman–Crippen MR) is 94.5 cm³/mol. The molecule has 0 N–H and O–H groups in total. The molecule has 0 heterocycles. The highest BCUT2D eigenvalue weighted by Gasteiger charge is 2.39. The molecule has 106 valence electrons. The molecule has 1 saturated carbocycles. The summed E-state index contributed by atoms with van der Waals surface area (Å²) < 4.78 is 1.19. The average Bonchev–Trinajstić information content (AvgIpc) is 2.97. The molecule has 0 nitrogen and oxygen atoms in total. The highest BCUT2D eigenvalue weighted by molar-refractivity contribution is 9.10. The van der Waals surface area contributed by atoms with Gasteiger partial charge in [0.2, 0.25) is 0 Å². The molecule has 1 aliphatic carbocycles. The minimum atomic E-state index is 0.441. The maximum absolute atomic E-state index is 4.06. The first-order chi connectivity index (χ1) is 9.68. The summed E-state index contributed by atoms with van der Waals surface area (Å²) in [5.41, 5.74) is 1.89. The molecule has 0 radical (unpaired) electrons. The maximum Gasteiger partial charge on any atom is 0.0457 e. The van der Waals surface area contributed by atoms with Crippen LogP contribution in [-0.2, 0) is 0 Å². The molecule has 0 bridgehead atoms. The first-order valence-corrected chi connectivity index (χ1v) is 9.20. The van der Waals surface area contributed by atoms with Crippen LogP contribution in [0.4, 0.5) is 0 Å². The third kappa shape index (κ3) is 2.35. The lowest BCUT2D eigenvalue weighted by Crippen LogP contribution is -2.21. The lowest BCUT2D eigenvalue weighted by molar-refractivity contribution is 0.280. The largest absolute Gasteiger partial charge is 0.0832 e. The predicted octanol–water partition coefficient (Wildman–Crippen LogP) is 7.01. The SMILES string of the molecule is CCC1(C(Br)c2ccc(Br)c3ccccc23)CCCC1. The minimum absolute atomic E-state index is 0.441. The molecular weight excluding hydrogens is 376 g/mol. The first-order valence-electron chi connectivity index (χ1n) is 7.49. The fourth-order valence-electron chi connectivity index (χ4n) is 3.70. The zero-order chi connectivity index (χ0) is 14.2. The first kappa shape index (κ1) is 14.6. The second kappa shape index (κ2) is 5.81. The van der Waals surface area contributed by atoms with E-state index in [-0.39, 0.29) is 0 Å². The number of rotatable bonds is 3. The van der Waals surface area contributed by atoms with Crippen LogP contribution < -0.4 is 0 Å². The van der Waals surface area contributed by atoms with Gasteiger partial charge in [-0.15, -0.1) is 0 Å². The molecule has 1 fully saturated rings. The Morgan fingerprint density at radius 3 is 2.35 bits per heavy atom. The monoisotopic (exact) mass is 394 g/mol. The average molecular weight is 396 g/mol. The summed E-state index contributed by atoms with van der Waals surface area (Å²) in [6.07, 6.45) is 6.72. The number of halogens is 2. The van der Waals surface area contributed by atoms with E-state index in [1.165, 1.54) is 52.9 Å². The van der Waals surface area contributed by atoms with Crippen LogP contribution >= 0.6 is 31.9 Å². The van der Waals surface area contributed by atoms with Gasteiger partial charge >= 0.3 is 0 Å². The fourth-order valence-corrected chi connectivity index (χ4v) is 5.36. The molecule has 3 rings (SSSR count). The Morgan fingerprint density at radius 2 is 1.70 bits per heavy atom. The zero-order valence-corrected chi connectivity index (χ0v) is 15.0. The van der Waals surface area contributed by atoms with Gasteiger partial charge < -0.3 is 0 Å². The summed E-state index contributed by atoms with van der Waals surface area (Å²) in [5.74, 6) is 0. The highest BCUT2D eigenvalue weighted by Crippen LogP contribution is 2.55. The summed E-state index contributed by atoms with van der Waals surface area (Å²) in [6, 6.07) is 13.2. The van der Waals surface area contributed by atoms with Crippen molar-refractivity contribution in [3.05, 3.63) is 46.4 Å². The van der Waals surface area contributed by atoms with Crippen molar-refractivity contribution in [3.8, 4) is 0 Å². The van der Waals surface area contributed by atoms with Crippen molar-refractivity contribution in [2.45, 2.75) is 43.9 Å². The van der Waals surface area contributed by atoms with Crippen molar-refractivity contribution in [1.82, 2.24) is 0 Å². The number of fused-ring (bicyclic) bond motifs is 1. The van der Waals surface area contributed by atoms with Crippen LogP contribution in [0, 0.1) is 5.41 Å². The summed E-state index contributed by atoms with van der Waals surface area (Å²) in [7, 11) is 0. The number of alkyl halides is 1. The smallest absolute Gasteiger partial charge is 0.0457 e. The van der Waals surface area contributed by atoms with Crippen molar-refractivity contribution in [2.24, 2.45) is 5.41 Å². The van der Waals surface area contributed by atoms with Crippen molar-refractivity contribution in [2.75, 3.05) is 0 Å². The Hall–Kier alpha value is -0.340. The topological polar surface area (TPSA) is 0 Å². The van der Waals surface area contributed by atoms with Crippen molar-refractivity contribution < 1.29 is 0 Å². The van der Waals surface area contributed by atoms with Crippen LogP contribution in [0.1, 0.15) is 49.4 Å². The summed E-state index contributed by atoms with van der Waals surface area (Å²) >= 11 is 7.74. The molecule has 1 unspecified atom stereocenters. The van der Waals surface area contributed by atoms with Gasteiger partial charge in [0.1, 0.15) is 0 Å². The van der Waals surface area contributed by atoms with Crippen LogP contribution in [0.3, 0.4) is 0 Å². The quantitative estimate of drug-likeness (QED) is 0.490. The van der Waals surface area contributed by atoms with Gasteiger partial charge in [0, 0.05) is 9.30 Å². The lowest BCUT2D eigenvalue weighted by Gasteiger charge is -2.34. The van der Waals surface area contributed by atoms with Crippen LogP contribution in [-0.4, -0.2) is 0 Å². The van der Waals surface area contributed by atoms with E-state index in [1.807, 2.05) is 0 Å². The zero-order valence-electron chi connectivity index (χ0n) is 11.8. The van der Waals surface area contributed by atoms with Gasteiger partial charge in [-0.3, -0.25) is 0 Å². The van der Waals surface area contributed by atoms with E-state index in [1.54, 1.807) is 0 Å². The van der Waals surface area contributed by atoms with E-state index < -0.39 is 0 Å². The minimum Gasteiger partial charge on any atom is -0.0832 e. The second-order valence-corrected chi connectivity index (χ2v) is 7.74. The van der Waals surface area contributed by atoms with E-state index in [9.17, 15) is 0 Å². The number of hydrogen-bond donors (Lipinski definition) is 0. The molecular formula is C18H20Br2. The summed E-state index contributed by atoms with van der Waals surface area (Å²) in [4.78, 5) is 0.459. The fraction of sp³-hybridized carbons (Fsp3) is 0.444. The van der Waals surface area contributed by atoms with Crippen molar-refractivity contribution >= 4 is 42.6 Å². The molecule has 2 heteroatoms. The van der Waals surface area contributed by atoms with Crippen LogP contribution in [0.25, 0.3) is 10.8 Å². The van der Waals surface area contributed by atoms with E-state index in [4.69, 9.17) is 0 Å². The highest BCUT2D eigenvalue weighted by atomic mass is 79.9. The number of hydrogen-bond acceptors (Lipinski definition) is 0. The van der Waals surface area contributed by atoms with E-state index in [2.05, 4.69) is 75.2 Å². The molecule has 1 aliphatic rings. The molecule has 0 spiro atoms. The third-order valence-corrected chi connectivity index (χ3v) is 7.17. The molecule has 0 amide bonds. The Balaban J connectivity index is 2.12. The van der Waals surface area contributed by atoms with Crippen LogP contribution in [0.15, 0.2) is 40.9 Å². The van der Waals surface area contributed by atoms with Gasteiger partial charge in [0.05, 0.1) is 0 Å². The number of benzene rings is 2. The van der Waals surface area contributed by atoms with Crippen molar-refractivity contribution in [3.63, 3.8) is 0 Å². The van der Waals surface area contributed by atoms with Gasteiger partial charge in [-0.05, 0) is 47.1 Å². The second-order valence-electron chi connectivity index (χ2n) is 5.97. The molecule has 20 heavy (non-hydrogen) atoms. The van der Waals surface area contributed by atoms with Gasteiger partial charge in [0.15, 0.2) is 0 Å². The van der Waals surface area contributed by atoms with E-state index >= 15 is 0 Å². The Bertz CT molecular complexity index is 612. The molecule has 2 aromatic rings. The molecule has 0 saturated heterocycles. The Morgan fingerprint density at radius 1 is 1.05 bits per heavy atom. The third-order valence-electron chi connectivity index (χ3n) is 5.02. The van der Waals surface area contributed by atoms with Crippen LogP contribution in [0.2, 0.25) is 0 Å². The maximum atomic E-state index is 4.06. The summed E-state index contributed by atoms with van der Waals surface area (Å²) in [5, 5.41) is 2.70. The van der Waals surface area contributed by atoms with E-state index in [0.717, 1.165) is 0 Å². The van der Waals surface area contributed by atoms with Crippen molar-refractivity contribution in [1.29, 1.82) is 0 Å². The van der Waals surface area contributed by atoms with Crippen LogP contribution in [0.5, 0.6) is 0 Å². The van der Waals surface area contributed by atoms with Gasteiger partial charge in [-0.25, -0.2) is 0 Å². The van der Waals surface area contributed by atoms with Gasteiger partial charge in [-0.1, -0.05) is 82.0 Å². The standard InChI is InChI=1S/C18H20Br2/c1-2-18(11-5-6-12-18)17(20)15-9-10-16(19)14-8-4-3-7-13(14)15/h3-4,7-10,17H,2,5-6,11-12H2,1H3. The normalized spacial score (nSPS) is 19.4. The molecule has 0 aliphatic heterocycles. The van der Waals surface area contributed by atoms with E-state index in [0.29, 0.717) is 10.2 Å². The molecule has 1 atom stereocenters.